The van der Waals surface area contributed by atoms with Crippen LogP contribution in [0, 0.1) is 0 Å². The number of esters is 3. The summed E-state index contributed by atoms with van der Waals surface area (Å²) >= 11 is 0. The van der Waals surface area contributed by atoms with Crippen molar-refractivity contribution in [2.75, 3.05) is 0 Å². The molecule has 0 amide bonds. The topological polar surface area (TPSA) is 143 Å². The summed E-state index contributed by atoms with van der Waals surface area (Å²) < 4.78 is 21.8. The Kier molecular flexibility index (Phi) is 4.17. The van der Waals surface area contributed by atoms with Crippen LogP contribution in [-0.4, -0.2) is 51.9 Å². The first kappa shape index (κ1) is 16.9. The van der Waals surface area contributed by atoms with Crippen molar-refractivity contribution in [3.63, 3.8) is 0 Å². The Labute approximate surface area is 139 Å². The van der Waals surface area contributed by atoms with Gasteiger partial charge in [-0.25, -0.2) is 9.59 Å². The van der Waals surface area contributed by atoms with Crippen molar-refractivity contribution in [3.8, 4) is 0 Å². The minimum Gasteiger partial charge on any atom is -0.454 e. The first-order chi connectivity index (χ1) is 11.8. The predicted molar refractivity (Wildman–Crippen MR) is 76.2 cm³/mol. The highest BCUT2D eigenvalue weighted by Crippen LogP contribution is 2.39. The van der Waals surface area contributed by atoms with Crippen molar-refractivity contribution in [3.05, 3.63) is 33.1 Å². The zero-order valence-corrected chi connectivity index (χ0v) is 13.2. The zero-order chi connectivity index (χ0) is 18.3. The van der Waals surface area contributed by atoms with Gasteiger partial charge in [-0.05, 0) is 0 Å². The molecule has 0 bridgehead atoms. The van der Waals surface area contributed by atoms with Crippen LogP contribution in [0.2, 0.25) is 0 Å². The molecule has 11 heteroatoms. The Morgan fingerprint density at radius 2 is 1.80 bits per heavy atom. The molecule has 3 rings (SSSR count). The second-order valence-electron chi connectivity index (χ2n) is 5.51. The highest BCUT2D eigenvalue weighted by atomic mass is 16.7. The minimum atomic E-state index is -1.34. The van der Waals surface area contributed by atoms with Crippen LogP contribution < -0.4 is 11.2 Å². The molecule has 0 aromatic carbocycles. The molecule has 134 valence electrons. The predicted octanol–water partition coefficient (Wildman–Crippen LogP) is -1.78. The molecule has 3 heterocycles. The Hall–Kier alpha value is -2.95. The van der Waals surface area contributed by atoms with E-state index in [2.05, 4.69) is 0 Å². The van der Waals surface area contributed by atoms with Gasteiger partial charge in [0, 0.05) is 26.1 Å². The number of carbonyl (C=O) groups is 3. The molecule has 2 fully saturated rings. The fourth-order valence-electron chi connectivity index (χ4n) is 2.84. The number of nitrogens with one attached hydrogen (secondary N) is 1. The maximum absolute atomic E-state index is 12.0. The molecule has 11 nitrogen and oxygen atoms in total. The Morgan fingerprint density at radius 3 is 2.40 bits per heavy atom. The number of nitrogens with zero attached hydrogens (tertiary/aromatic N) is 1. The lowest BCUT2D eigenvalue weighted by atomic mass is 10.1. The third-order valence-corrected chi connectivity index (χ3v) is 3.73. The van der Waals surface area contributed by atoms with Crippen LogP contribution >= 0.6 is 0 Å². The van der Waals surface area contributed by atoms with Gasteiger partial charge in [0.1, 0.15) is 6.10 Å². The molecule has 1 aromatic heterocycles. The molecule has 2 aliphatic heterocycles. The van der Waals surface area contributed by atoms with Crippen molar-refractivity contribution in [2.24, 2.45) is 0 Å². The van der Waals surface area contributed by atoms with Crippen molar-refractivity contribution < 1.29 is 33.3 Å². The molecule has 25 heavy (non-hydrogen) atoms. The molecule has 5 atom stereocenters. The summed E-state index contributed by atoms with van der Waals surface area (Å²) in [5.41, 5.74) is -1.42. The number of H-pyrrole nitrogens is 1. The second-order valence-corrected chi connectivity index (χ2v) is 5.51. The van der Waals surface area contributed by atoms with Gasteiger partial charge in [-0.1, -0.05) is 0 Å². The van der Waals surface area contributed by atoms with Gasteiger partial charge in [0.2, 0.25) is 6.10 Å². The highest BCUT2D eigenvalue weighted by molar-refractivity contribution is 5.81. The van der Waals surface area contributed by atoms with Gasteiger partial charge in [0.05, 0.1) is 0 Å². The average molecular weight is 354 g/mol. The Morgan fingerprint density at radius 1 is 1.12 bits per heavy atom. The lowest BCUT2D eigenvalue weighted by Crippen LogP contribution is -2.40. The summed E-state index contributed by atoms with van der Waals surface area (Å²) in [5, 5.41) is 0. The summed E-state index contributed by atoms with van der Waals surface area (Å²) in [5.74, 6) is -2.25. The van der Waals surface area contributed by atoms with Gasteiger partial charge in [0.25, 0.3) is 5.56 Å². The fourth-order valence-corrected chi connectivity index (χ4v) is 2.84. The number of hydrogen-bond donors (Lipinski definition) is 1. The van der Waals surface area contributed by atoms with E-state index in [0.29, 0.717) is 0 Å². The number of hydrogen-bond acceptors (Lipinski definition) is 9. The normalized spacial score (nSPS) is 30.5. The molecule has 0 radical (unpaired) electrons. The first-order valence-corrected chi connectivity index (χ1v) is 7.30. The van der Waals surface area contributed by atoms with E-state index in [1.807, 2.05) is 4.98 Å². The molecule has 1 N–H and O–H groups in total. The van der Waals surface area contributed by atoms with Crippen LogP contribution in [0.4, 0.5) is 0 Å². The largest absolute Gasteiger partial charge is 0.454 e. The van der Waals surface area contributed by atoms with Crippen molar-refractivity contribution in [2.45, 2.75) is 44.5 Å². The number of fused-ring (bicyclic) bond motifs is 1. The average Bonchev–Trinajstić information content (AvgIpc) is 2.97. The van der Waals surface area contributed by atoms with E-state index in [-0.39, 0.29) is 0 Å². The second kappa shape index (κ2) is 6.16. The van der Waals surface area contributed by atoms with E-state index in [9.17, 15) is 24.0 Å². The smallest absolute Gasteiger partial charge is 0.350 e. The number of ether oxygens (including phenoxy) is 4. The lowest BCUT2D eigenvalue weighted by Gasteiger charge is -2.22. The maximum atomic E-state index is 12.0. The van der Waals surface area contributed by atoms with Gasteiger partial charge in [-0.3, -0.25) is 23.9 Å². The van der Waals surface area contributed by atoms with Gasteiger partial charge < -0.3 is 18.9 Å². The van der Waals surface area contributed by atoms with Crippen molar-refractivity contribution in [1.82, 2.24) is 9.55 Å². The Bertz CT molecular complexity index is 841. The summed E-state index contributed by atoms with van der Waals surface area (Å²) in [6.07, 6.45) is -4.64. The van der Waals surface area contributed by atoms with E-state index in [4.69, 9.17) is 18.9 Å². The molecule has 2 saturated heterocycles. The van der Waals surface area contributed by atoms with E-state index in [0.717, 1.165) is 30.7 Å². The van der Waals surface area contributed by atoms with Crippen LogP contribution in [0.3, 0.4) is 0 Å². The van der Waals surface area contributed by atoms with Gasteiger partial charge in [-0.15, -0.1) is 0 Å². The molecule has 0 saturated carbocycles. The number of carbonyl (C=O) groups excluding carboxylic acids is 3. The fraction of sp³-hybridized carbons (Fsp3) is 0.500. The van der Waals surface area contributed by atoms with E-state index < -0.39 is 59.8 Å². The Balaban J connectivity index is 1.97. The molecular formula is C14H14N2O9. The third-order valence-electron chi connectivity index (χ3n) is 3.73. The molecule has 2 aliphatic rings. The summed E-state index contributed by atoms with van der Waals surface area (Å²) in [4.78, 5) is 59.7. The van der Waals surface area contributed by atoms with Crippen LogP contribution in [0.1, 0.15) is 20.1 Å². The maximum Gasteiger partial charge on any atom is 0.350 e. The lowest BCUT2D eigenvalue weighted by molar-refractivity contribution is -0.174. The van der Waals surface area contributed by atoms with Crippen molar-refractivity contribution >= 4 is 17.9 Å². The third kappa shape index (κ3) is 3.05. The minimum absolute atomic E-state index is 0.618. The number of aromatic nitrogens is 2. The van der Waals surface area contributed by atoms with E-state index in [1.54, 1.807) is 0 Å². The summed E-state index contributed by atoms with van der Waals surface area (Å²) in [7, 11) is 0. The molecule has 0 unspecified atom stereocenters. The molecule has 0 aliphatic carbocycles. The van der Waals surface area contributed by atoms with E-state index >= 15 is 0 Å². The van der Waals surface area contributed by atoms with Crippen molar-refractivity contribution in [1.29, 1.82) is 0 Å². The quantitative estimate of drug-likeness (QED) is 0.492. The first-order valence-electron chi connectivity index (χ1n) is 7.30. The highest BCUT2D eigenvalue weighted by Gasteiger charge is 2.61. The summed E-state index contributed by atoms with van der Waals surface area (Å²) in [6.45, 7) is 2.25. The molecule has 0 spiro atoms. The zero-order valence-electron chi connectivity index (χ0n) is 13.2. The number of rotatable bonds is 3. The van der Waals surface area contributed by atoms with Gasteiger partial charge in [-0.2, -0.15) is 0 Å². The van der Waals surface area contributed by atoms with E-state index in [1.165, 1.54) is 0 Å². The van der Waals surface area contributed by atoms with Crippen LogP contribution in [-0.2, 0) is 33.3 Å². The molecular weight excluding hydrogens is 340 g/mol. The monoisotopic (exact) mass is 354 g/mol. The van der Waals surface area contributed by atoms with Gasteiger partial charge >= 0.3 is 23.6 Å². The van der Waals surface area contributed by atoms with Crippen LogP contribution in [0.15, 0.2) is 21.9 Å². The number of aromatic amines is 1. The SMILES string of the molecule is CC(=O)O[C@H]1[C@@H]2OC(=O)[C@@H](OC(C)=O)[C@H]2O[C@@H]1n1ccc(=O)[nH]c1=O. The van der Waals surface area contributed by atoms with Gasteiger partial charge in [0.15, 0.2) is 18.4 Å². The van der Waals surface area contributed by atoms with Crippen LogP contribution in [0.25, 0.3) is 0 Å². The standard InChI is InChI=1S/C14H14N2O9/c1-5(17)22-10-8-9(11(13(20)25-8)23-6(2)18)24-12(10)16-4-3-7(19)15-14(16)21/h3-4,8-12H,1-2H3,(H,15,19,21)/t8-,9+,10+,11+,12+/m1/s1. The summed E-state index contributed by atoms with van der Waals surface area (Å²) in [6, 6.07) is 1.08. The van der Waals surface area contributed by atoms with Crippen LogP contribution in [0.5, 0.6) is 0 Å². The molecule has 1 aromatic rings.